The van der Waals surface area contributed by atoms with Gasteiger partial charge in [0.25, 0.3) is 0 Å². The summed E-state index contributed by atoms with van der Waals surface area (Å²) in [5.41, 5.74) is 2.45. The first-order valence-electron chi connectivity index (χ1n) is 7.70. The maximum absolute atomic E-state index is 5.91. The number of benzene rings is 2. The number of likely N-dealkylation sites (N-methyl/N-ethyl adjacent to an activating group) is 1. The number of hydrogen-bond donors (Lipinski definition) is 1. The van der Waals surface area contributed by atoms with E-state index in [1.807, 2.05) is 25.2 Å². The lowest BCUT2D eigenvalue weighted by atomic mass is 10.0. The molecular weight excluding hydrogens is 258 g/mol. The molecule has 0 fully saturated rings. The minimum absolute atomic E-state index is 0.392. The Morgan fingerprint density at radius 1 is 0.952 bits per heavy atom. The Balaban J connectivity index is 1.97. The molecule has 0 aliphatic rings. The minimum Gasteiger partial charge on any atom is -0.492 e. The molecule has 0 saturated heterocycles. The molecule has 21 heavy (non-hydrogen) atoms. The average molecular weight is 283 g/mol. The van der Waals surface area contributed by atoms with Crippen LogP contribution in [-0.2, 0) is 0 Å². The van der Waals surface area contributed by atoms with Crippen molar-refractivity contribution in [1.29, 1.82) is 0 Å². The Hall–Kier alpha value is -1.80. The fourth-order valence-electron chi connectivity index (χ4n) is 2.38. The van der Waals surface area contributed by atoms with E-state index in [-0.39, 0.29) is 0 Å². The number of nitrogens with one attached hydrogen (secondary N) is 1. The van der Waals surface area contributed by atoms with Gasteiger partial charge in [-0.3, -0.25) is 0 Å². The molecule has 0 saturated carbocycles. The Morgan fingerprint density at radius 3 is 2.14 bits per heavy atom. The van der Waals surface area contributed by atoms with Gasteiger partial charge in [0.05, 0.1) is 0 Å². The molecule has 0 aliphatic heterocycles. The van der Waals surface area contributed by atoms with Crippen molar-refractivity contribution in [2.75, 3.05) is 13.7 Å². The van der Waals surface area contributed by atoms with Crippen LogP contribution in [0, 0.1) is 5.92 Å². The zero-order valence-electron chi connectivity index (χ0n) is 13.2. The van der Waals surface area contributed by atoms with E-state index >= 15 is 0 Å². The number of ether oxygens (including phenoxy) is 1. The van der Waals surface area contributed by atoms with Crippen molar-refractivity contribution >= 4 is 0 Å². The topological polar surface area (TPSA) is 21.3 Å². The van der Waals surface area contributed by atoms with Crippen LogP contribution < -0.4 is 10.1 Å². The lowest BCUT2D eigenvalue weighted by molar-refractivity contribution is 0.228. The smallest absolute Gasteiger partial charge is 0.119 e. The van der Waals surface area contributed by atoms with E-state index < -0.39 is 0 Å². The van der Waals surface area contributed by atoms with E-state index in [4.69, 9.17) is 4.74 Å². The molecule has 2 nitrogen and oxygen atoms in total. The van der Waals surface area contributed by atoms with Crippen LogP contribution in [0.2, 0.25) is 0 Å². The van der Waals surface area contributed by atoms with Gasteiger partial charge in [-0.15, -0.1) is 0 Å². The van der Waals surface area contributed by atoms with E-state index in [9.17, 15) is 0 Å². The van der Waals surface area contributed by atoms with Gasteiger partial charge in [-0.05, 0) is 36.2 Å². The predicted octanol–water partition coefficient (Wildman–Crippen LogP) is 4.37. The van der Waals surface area contributed by atoms with Crippen molar-refractivity contribution < 1.29 is 4.74 Å². The highest BCUT2D eigenvalue weighted by Crippen LogP contribution is 2.22. The Labute approximate surface area is 128 Å². The van der Waals surface area contributed by atoms with Crippen LogP contribution in [0.3, 0.4) is 0 Å². The van der Waals surface area contributed by atoms with Crippen LogP contribution in [0.4, 0.5) is 0 Å². The maximum atomic E-state index is 5.91. The molecule has 2 unspecified atom stereocenters. The minimum atomic E-state index is 0.392. The fourth-order valence-corrected chi connectivity index (χ4v) is 2.38. The number of hydrogen-bond acceptors (Lipinski definition) is 2. The summed E-state index contributed by atoms with van der Waals surface area (Å²) in [4.78, 5) is 0. The SMILES string of the molecule is CCC(C)C(COc1ccc(-c2ccccc2)cc1)NC. The second-order valence-electron chi connectivity index (χ2n) is 5.48. The zero-order valence-corrected chi connectivity index (χ0v) is 13.2. The normalized spacial score (nSPS) is 13.7. The lowest BCUT2D eigenvalue weighted by Crippen LogP contribution is -2.37. The fraction of sp³-hybridized carbons (Fsp3) is 0.368. The number of rotatable bonds is 7. The van der Waals surface area contributed by atoms with Gasteiger partial charge in [-0.25, -0.2) is 0 Å². The quantitative estimate of drug-likeness (QED) is 0.815. The van der Waals surface area contributed by atoms with E-state index in [0.717, 1.165) is 12.2 Å². The molecule has 0 spiro atoms. The summed E-state index contributed by atoms with van der Waals surface area (Å²) >= 11 is 0. The third-order valence-electron chi connectivity index (χ3n) is 4.09. The summed E-state index contributed by atoms with van der Waals surface area (Å²) in [6.45, 7) is 5.17. The second kappa shape index (κ2) is 7.84. The van der Waals surface area contributed by atoms with Gasteiger partial charge in [0.15, 0.2) is 0 Å². The first-order chi connectivity index (χ1) is 10.2. The molecule has 2 aromatic rings. The summed E-state index contributed by atoms with van der Waals surface area (Å²) in [6.07, 6.45) is 1.15. The van der Waals surface area contributed by atoms with Crippen molar-refractivity contribution in [2.24, 2.45) is 5.92 Å². The van der Waals surface area contributed by atoms with E-state index in [1.165, 1.54) is 11.1 Å². The van der Waals surface area contributed by atoms with Gasteiger partial charge < -0.3 is 10.1 Å². The van der Waals surface area contributed by atoms with Crippen LogP contribution in [-0.4, -0.2) is 19.7 Å². The molecular formula is C19H25NO. The third kappa shape index (κ3) is 4.33. The molecule has 112 valence electrons. The van der Waals surface area contributed by atoms with Crippen molar-refractivity contribution in [3.05, 3.63) is 54.6 Å². The first kappa shape index (κ1) is 15.6. The Bertz CT molecular complexity index is 521. The highest BCUT2D eigenvalue weighted by atomic mass is 16.5. The van der Waals surface area contributed by atoms with Gasteiger partial charge in [0.1, 0.15) is 12.4 Å². The van der Waals surface area contributed by atoms with Crippen molar-refractivity contribution in [3.8, 4) is 16.9 Å². The second-order valence-corrected chi connectivity index (χ2v) is 5.48. The standard InChI is InChI=1S/C19H25NO/c1-4-15(2)19(20-3)14-21-18-12-10-17(11-13-18)16-8-6-5-7-9-16/h5-13,15,19-20H,4,14H2,1-3H3. The molecule has 0 radical (unpaired) electrons. The van der Waals surface area contributed by atoms with Gasteiger partial charge in [0, 0.05) is 6.04 Å². The molecule has 0 bridgehead atoms. The van der Waals surface area contributed by atoms with Crippen LogP contribution >= 0.6 is 0 Å². The van der Waals surface area contributed by atoms with Gasteiger partial charge >= 0.3 is 0 Å². The van der Waals surface area contributed by atoms with Crippen molar-refractivity contribution in [1.82, 2.24) is 5.32 Å². The summed E-state index contributed by atoms with van der Waals surface area (Å²) in [6, 6.07) is 19.1. The molecule has 1 N–H and O–H groups in total. The Morgan fingerprint density at radius 2 is 1.57 bits per heavy atom. The molecule has 2 rings (SSSR count). The van der Waals surface area contributed by atoms with E-state index in [0.29, 0.717) is 18.6 Å². The van der Waals surface area contributed by atoms with Gasteiger partial charge in [-0.2, -0.15) is 0 Å². The largest absolute Gasteiger partial charge is 0.492 e. The van der Waals surface area contributed by atoms with Crippen LogP contribution in [0.5, 0.6) is 5.75 Å². The van der Waals surface area contributed by atoms with E-state index in [1.54, 1.807) is 0 Å². The monoisotopic (exact) mass is 283 g/mol. The molecule has 0 aliphatic carbocycles. The molecule has 0 aromatic heterocycles. The molecule has 2 atom stereocenters. The third-order valence-corrected chi connectivity index (χ3v) is 4.09. The molecule has 2 aromatic carbocycles. The zero-order chi connectivity index (χ0) is 15.1. The van der Waals surface area contributed by atoms with Crippen LogP contribution in [0.25, 0.3) is 11.1 Å². The highest BCUT2D eigenvalue weighted by Gasteiger charge is 2.14. The molecule has 2 heteroatoms. The summed E-state index contributed by atoms with van der Waals surface area (Å²) in [5, 5.41) is 3.34. The van der Waals surface area contributed by atoms with Gasteiger partial charge in [-0.1, -0.05) is 62.7 Å². The molecule has 0 heterocycles. The Kier molecular flexibility index (Phi) is 5.82. The summed E-state index contributed by atoms with van der Waals surface area (Å²) in [5.74, 6) is 1.54. The average Bonchev–Trinajstić information content (AvgIpc) is 2.56. The molecule has 0 amide bonds. The first-order valence-corrected chi connectivity index (χ1v) is 7.70. The van der Waals surface area contributed by atoms with Gasteiger partial charge in [0.2, 0.25) is 0 Å². The summed E-state index contributed by atoms with van der Waals surface area (Å²) in [7, 11) is 2.00. The maximum Gasteiger partial charge on any atom is 0.119 e. The van der Waals surface area contributed by atoms with Crippen LogP contribution in [0.1, 0.15) is 20.3 Å². The summed E-state index contributed by atoms with van der Waals surface area (Å²) < 4.78 is 5.91. The van der Waals surface area contributed by atoms with E-state index in [2.05, 4.69) is 55.6 Å². The van der Waals surface area contributed by atoms with Crippen molar-refractivity contribution in [2.45, 2.75) is 26.3 Å². The lowest BCUT2D eigenvalue weighted by Gasteiger charge is -2.22. The van der Waals surface area contributed by atoms with Crippen LogP contribution in [0.15, 0.2) is 54.6 Å². The predicted molar refractivity (Wildman–Crippen MR) is 89.7 cm³/mol. The highest BCUT2D eigenvalue weighted by molar-refractivity contribution is 5.63. The van der Waals surface area contributed by atoms with Crippen molar-refractivity contribution in [3.63, 3.8) is 0 Å².